The Labute approximate surface area is 164 Å². The highest BCUT2D eigenvalue weighted by molar-refractivity contribution is 7.13. The zero-order valence-electron chi connectivity index (χ0n) is 14.5. The summed E-state index contributed by atoms with van der Waals surface area (Å²) in [6.45, 7) is 4.15. The van der Waals surface area contributed by atoms with Crippen LogP contribution < -0.4 is 10.2 Å². The van der Waals surface area contributed by atoms with Crippen molar-refractivity contribution < 1.29 is 5.48 Å². The monoisotopic (exact) mass is 389 g/mol. The fraction of sp³-hybridized carbons (Fsp3) is 0.250. The van der Waals surface area contributed by atoms with Gasteiger partial charge in [0, 0.05) is 31.6 Å². The molecular weight excluding hydrogens is 366 g/mol. The Kier molecular flexibility index (Phi) is 7.60. The highest BCUT2D eigenvalue weighted by Gasteiger charge is 2.21. The molecule has 0 unspecified atom stereocenters. The van der Waals surface area contributed by atoms with Crippen LogP contribution in [-0.2, 0) is 0 Å². The molecule has 1 aliphatic rings. The molecule has 2 heterocycles. The van der Waals surface area contributed by atoms with E-state index in [1.54, 1.807) is 11.3 Å². The standard InChI is InChI=1S/C20H21N3S.ClH.H2O/c1-3-7-16(8-4-1)19(17-9-5-2-6-10-17)18-15-24-20(22-18)23-13-11-21-12-14-23;;/h1-10,15,19,21H,11-14H2;1H;1H2. The number of hydrogen-bond acceptors (Lipinski definition) is 4. The number of aromatic nitrogens is 1. The van der Waals surface area contributed by atoms with Crippen molar-refractivity contribution in [3.05, 3.63) is 82.9 Å². The second kappa shape index (κ2) is 9.69. The summed E-state index contributed by atoms with van der Waals surface area (Å²) >= 11 is 1.76. The molecule has 138 valence electrons. The number of piperazine rings is 1. The van der Waals surface area contributed by atoms with E-state index in [9.17, 15) is 0 Å². The van der Waals surface area contributed by atoms with E-state index in [2.05, 4.69) is 76.3 Å². The van der Waals surface area contributed by atoms with Crippen molar-refractivity contribution in [2.45, 2.75) is 5.92 Å². The second-order valence-electron chi connectivity index (χ2n) is 6.05. The predicted molar refractivity (Wildman–Crippen MR) is 112 cm³/mol. The highest BCUT2D eigenvalue weighted by Crippen LogP contribution is 2.34. The first kappa shape index (κ1) is 20.4. The maximum Gasteiger partial charge on any atom is 0.185 e. The van der Waals surface area contributed by atoms with Crippen LogP contribution in [0.15, 0.2) is 66.0 Å². The van der Waals surface area contributed by atoms with Gasteiger partial charge >= 0.3 is 0 Å². The molecule has 1 aliphatic heterocycles. The molecule has 0 saturated carbocycles. The second-order valence-corrected chi connectivity index (χ2v) is 6.88. The van der Waals surface area contributed by atoms with E-state index in [-0.39, 0.29) is 23.8 Å². The number of hydrogen-bond donors (Lipinski definition) is 1. The van der Waals surface area contributed by atoms with E-state index in [1.807, 2.05) is 0 Å². The van der Waals surface area contributed by atoms with Crippen molar-refractivity contribution in [3.63, 3.8) is 0 Å². The number of thiazole rings is 1. The topological polar surface area (TPSA) is 59.7 Å². The molecule has 0 amide bonds. The minimum Gasteiger partial charge on any atom is -0.412 e. The Morgan fingerprint density at radius 3 is 1.96 bits per heavy atom. The van der Waals surface area contributed by atoms with Gasteiger partial charge in [-0.2, -0.15) is 0 Å². The predicted octanol–water partition coefficient (Wildman–Crippen LogP) is 3.33. The molecule has 1 aromatic heterocycles. The Bertz CT molecular complexity index is 737. The van der Waals surface area contributed by atoms with Crippen molar-refractivity contribution >= 4 is 28.9 Å². The average molecular weight is 390 g/mol. The van der Waals surface area contributed by atoms with Gasteiger partial charge in [0.1, 0.15) is 0 Å². The van der Waals surface area contributed by atoms with Crippen LogP contribution in [0.2, 0.25) is 0 Å². The maximum absolute atomic E-state index is 5.00. The molecule has 4 rings (SSSR count). The molecule has 1 fully saturated rings. The van der Waals surface area contributed by atoms with Gasteiger partial charge in [-0.15, -0.1) is 23.7 Å². The van der Waals surface area contributed by atoms with E-state index in [4.69, 9.17) is 4.98 Å². The summed E-state index contributed by atoms with van der Waals surface area (Å²) in [4.78, 5) is 7.39. The molecule has 0 spiro atoms. The minimum atomic E-state index is 0. The third-order valence-corrected chi connectivity index (χ3v) is 5.38. The molecule has 26 heavy (non-hydrogen) atoms. The number of benzene rings is 2. The van der Waals surface area contributed by atoms with Crippen LogP contribution in [0.4, 0.5) is 5.13 Å². The van der Waals surface area contributed by atoms with E-state index in [0.717, 1.165) is 37.0 Å². The maximum atomic E-state index is 5.00. The Morgan fingerprint density at radius 1 is 0.885 bits per heavy atom. The van der Waals surface area contributed by atoms with Gasteiger partial charge in [0.2, 0.25) is 0 Å². The van der Waals surface area contributed by atoms with Gasteiger partial charge < -0.3 is 15.7 Å². The van der Waals surface area contributed by atoms with Crippen molar-refractivity contribution in [1.29, 1.82) is 0 Å². The summed E-state index contributed by atoms with van der Waals surface area (Å²) in [6.07, 6.45) is 0. The molecule has 4 nitrogen and oxygen atoms in total. The molecule has 1 saturated heterocycles. The van der Waals surface area contributed by atoms with Crippen LogP contribution in [-0.4, -0.2) is 36.6 Å². The van der Waals surface area contributed by atoms with Gasteiger partial charge in [0.15, 0.2) is 5.13 Å². The molecule has 0 aliphatic carbocycles. The van der Waals surface area contributed by atoms with Crippen LogP contribution >= 0.6 is 23.7 Å². The lowest BCUT2D eigenvalue weighted by Gasteiger charge is -2.26. The molecule has 2 aromatic carbocycles. The number of nitrogens with one attached hydrogen (secondary N) is 1. The van der Waals surface area contributed by atoms with Crippen molar-refractivity contribution in [3.8, 4) is 0 Å². The number of rotatable bonds is 4. The fourth-order valence-corrected chi connectivity index (χ4v) is 4.14. The van der Waals surface area contributed by atoms with E-state index < -0.39 is 0 Å². The van der Waals surface area contributed by atoms with Crippen LogP contribution in [0.25, 0.3) is 0 Å². The molecule has 3 N–H and O–H groups in total. The number of nitrogens with zero attached hydrogens (tertiary/aromatic N) is 2. The van der Waals surface area contributed by atoms with Crippen LogP contribution in [0.5, 0.6) is 0 Å². The molecule has 6 heteroatoms. The van der Waals surface area contributed by atoms with Gasteiger partial charge in [-0.05, 0) is 11.1 Å². The lowest BCUT2D eigenvalue weighted by atomic mass is 9.89. The Hall–Kier alpha value is -1.92. The molecular formula is C20H24ClN3OS. The Balaban J connectivity index is 0.00000121. The van der Waals surface area contributed by atoms with Crippen molar-refractivity contribution in [2.75, 3.05) is 31.1 Å². The SMILES string of the molecule is Cl.O.c1ccc(C(c2ccccc2)c2csc(N3CCNCC3)n2)cc1. The molecule has 0 atom stereocenters. The highest BCUT2D eigenvalue weighted by atomic mass is 35.5. The summed E-state index contributed by atoms with van der Waals surface area (Å²) in [5.41, 5.74) is 3.73. The zero-order chi connectivity index (χ0) is 16.2. The number of halogens is 1. The molecule has 0 bridgehead atoms. The van der Waals surface area contributed by atoms with Crippen molar-refractivity contribution in [1.82, 2.24) is 10.3 Å². The molecule has 0 radical (unpaired) electrons. The zero-order valence-corrected chi connectivity index (χ0v) is 16.1. The lowest BCUT2D eigenvalue weighted by molar-refractivity contribution is 0.587. The fourth-order valence-electron chi connectivity index (χ4n) is 3.24. The summed E-state index contributed by atoms with van der Waals surface area (Å²) in [5.74, 6) is 0.195. The first-order valence-corrected chi connectivity index (χ1v) is 9.31. The Morgan fingerprint density at radius 2 is 1.42 bits per heavy atom. The molecule has 3 aromatic rings. The van der Waals surface area contributed by atoms with Gasteiger partial charge in [-0.25, -0.2) is 4.98 Å². The summed E-state index contributed by atoms with van der Waals surface area (Å²) < 4.78 is 0. The summed E-state index contributed by atoms with van der Waals surface area (Å²) in [5, 5.41) is 6.77. The van der Waals surface area contributed by atoms with Crippen LogP contribution in [0, 0.1) is 0 Å². The van der Waals surface area contributed by atoms with Gasteiger partial charge in [0.25, 0.3) is 0 Å². The third-order valence-electron chi connectivity index (χ3n) is 4.46. The average Bonchev–Trinajstić information content (AvgIpc) is 3.14. The lowest BCUT2D eigenvalue weighted by Crippen LogP contribution is -2.43. The number of anilines is 1. The third kappa shape index (κ3) is 4.43. The van der Waals surface area contributed by atoms with Gasteiger partial charge in [0.05, 0.1) is 11.6 Å². The van der Waals surface area contributed by atoms with Gasteiger partial charge in [-0.3, -0.25) is 0 Å². The first-order valence-electron chi connectivity index (χ1n) is 8.43. The normalized spacial score (nSPS) is 13.8. The smallest absolute Gasteiger partial charge is 0.185 e. The van der Waals surface area contributed by atoms with E-state index in [0.29, 0.717) is 0 Å². The minimum absolute atomic E-state index is 0. The summed E-state index contributed by atoms with van der Waals surface area (Å²) in [7, 11) is 0. The van der Waals surface area contributed by atoms with Crippen molar-refractivity contribution in [2.24, 2.45) is 0 Å². The first-order chi connectivity index (χ1) is 11.9. The van der Waals surface area contributed by atoms with Gasteiger partial charge in [-0.1, -0.05) is 60.7 Å². The quantitative estimate of drug-likeness (QED) is 0.744. The van der Waals surface area contributed by atoms with E-state index in [1.165, 1.54) is 11.1 Å². The van der Waals surface area contributed by atoms with Crippen LogP contribution in [0.3, 0.4) is 0 Å². The summed E-state index contributed by atoms with van der Waals surface area (Å²) in [6, 6.07) is 21.3. The largest absolute Gasteiger partial charge is 0.412 e. The van der Waals surface area contributed by atoms with E-state index >= 15 is 0 Å². The van der Waals surface area contributed by atoms with Crippen LogP contribution in [0.1, 0.15) is 22.7 Å².